The zero-order valence-corrected chi connectivity index (χ0v) is 18.6. The number of nitrogens with two attached hydrogens (primary N) is 2. The number of para-hydroxylation sites is 1. The highest BCUT2D eigenvalue weighted by Crippen LogP contribution is 2.29. The average Bonchev–Trinajstić information content (AvgIpc) is 3.14. The number of hydrogen-bond donors (Lipinski definition) is 3. The van der Waals surface area contributed by atoms with Crippen molar-refractivity contribution < 1.29 is 17.9 Å². The summed E-state index contributed by atoms with van der Waals surface area (Å²) in [5.41, 5.74) is 10.3. The number of morpholine rings is 1. The van der Waals surface area contributed by atoms with Crippen LogP contribution in [0.3, 0.4) is 0 Å². The molecule has 154 valence electrons. The number of halogens is 1. The van der Waals surface area contributed by atoms with E-state index in [4.69, 9.17) is 10.5 Å². The maximum atomic E-state index is 12.8. The zero-order valence-electron chi connectivity index (χ0n) is 16.2. The van der Waals surface area contributed by atoms with Gasteiger partial charge >= 0.3 is 0 Å². The van der Waals surface area contributed by atoms with Crippen molar-refractivity contribution in [1.82, 2.24) is 9.29 Å². The molecule has 1 aromatic heterocycles. The van der Waals surface area contributed by atoms with Gasteiger partial charge in [-0.2, -0.15) is 4.31 Å². The number of nitrogens with one attached hydrogen (secondary N) is 1. The number of sulfonamides is 1. The van der Waals surface area contributed by atoms with E-state index in [9.17, 15) is 13.2 Å². The van der Waals surface area contributed by atoms with E-state index in [-0.39, 0.29) is 23.7 Å². The molecule has 0 radical (unpaired) electrons. The van der Waals surface area contributed by atoms with Crippen LogP contribution in [0.2, 0.25) is 0 Å². The number of aromatic nitrogens is 1. The summed E-state index contributed by atoms with van der Waals surface area (Å²) in [4.78, 5) is 14.4. The molecule has 3 rings (SSSR count). The SMILES string of the molecule is CBr.CC.CN.NC(=O)c1[nH]c2ccccc2c1S(=O)(=O)N1CCOCC1. The number of rotatable bonds is 3. The number of benzene rings is 1. The first-order valence-electron chi connectivity index (χ1n) is 8.46. The quantitative estimate of drug-likeness (QED) is 0.596. The number of aromatic amines is 1. The summed E-state index contributed by atoms with van der Waals surface area (Å²) in [6.07, 6.45) is 0. The zero-order chi connectivity index (χ0) is 21.0. The summed E-state index contributed by atoms with van der Waals surface area (Å²) in [6.45, 7) is 5.21. The monoisotopic (exact) mass is 464 g/mol. The van der Waals surface area contributed by atoms with E-state index >= 15 is 0 Å². The summed E-state index contributed by atoms with van der Waals surface area (Å²) < 4.78 is 32.2. The van der Waals surface area contributed by atoms with Crippen molar-refractivity contribution in [3.05, 3.63) is 30.0 Å². The molecule has 1 aliphatic heterocycles. The van der Waals surface area contributed by atoms with Crippen molar-refractivity contribution in [2.45, 2.75) is 18.7 Å². The van der Waals surface area contributed by atoms with E-state index in [0.717, 1.165) is 0 Å². The predicted octanol–water partition coefficient (Wildman–Crippen LogP) is 1.90. The van der Waals surface area contributed by atoms with Gasteiger partial charge < -0.3 is 21.2 Å². The molecule has 0 saturated carbocycles. The lowest BCUT2D eigenvalue weighted by Crippen LogP contribution is -2.41. The number of alkyl halides is 1. The van der Waals surface area contributed by atoms with Gasteiger partial charge in [0.1, 0.15) is 10.6 Å². The lowest BCUT2D eigenvalue weighted by molar-refractivity contribution is 0.0730. The Kier molecular flexibility index (Phi) is 12.1. The molecule has 5 N–H and O–H groups in total. The highest BCUT2D eigenvalue weighted by Gasteiger charge is 2.33. The minimum atomic E-state index is -3.80. The van der Waals surface area contributed by atoms with Crippen molar-refractivity contribution in [2.24, 2.45) is 11.5 Å². The van der Waals surface area contributed by atoms with Crippen LogP contribution < -0.4 is 11.5 Å². The molecule has 0 spiro atoms. The molecule has 27 heavy (non-hydrogen) atoms. The van der Waals surface area contributed by atoms with Crippen LogP contribution >= 0.6 is 15.9 Å². The number of hydrogen-bond acceptors (Lipinski definition) is 5. The molecule has 0 unspecified atom stereocenters. The molecular weight excluding hydrogens is 436 g/mol. The second kappa shape index (κ2) is 12.8. The van der Waals surface area contributed by atoms with Gasteiger partial charge in [-0.1, -0.05) is 48.0 Å². The Morgan fingerprint density at radius 1 is 1.15 bits per heavy atom. The molecule has 2 aromatic rings. The Morgan fingerprint density at radius 2 is 1.67 bits per heavy atom. The van der Waals surface area contributed by atoms with Gasteiger partial charge in [-0.25, -0.2) is 8.42 Å². The second-order valence-electron chi connectivity index (χ2n) is 4.76. The molecule has 0 aliphatic carbocycles. The summed E-state index contributed by atoms with van der Waals surface area (Å²) in [5, 5.41) is 0.470. The second-order valence-corrected chi connectivity index (χ2v) is 6.63. The first kappa shape index (κ1) is 25.5. The topological polar surface area (TPSA) is 132 Å². The van der Waals surface area contributed by atoms with Gasteiger partial charge in [0.05, 0.1) is 13.2 Å². The number of carbonyl (C=O) groups is 1. The Balaban J connectivity index is 0.00000103. The first-order valence-corrected chi connectivity index (χ1v) is 11.5. The van der Waals surface area contributed by atoms with Gasteiger partial charge in [-0.3, -0.25) is 4.79 Å². The molecular formula is C17H29BrN4O4S. The van der Waals surface area contributed by atoms with Gasteiger partial charge in [-0.15, -0.1) is 0 Å². The molecule has 1 saturated heterocycles. The molecule has 1 amide bonds. The van der Waals surface area contributed by atoms with Crippen LogP contribution in [0.25, 0.3) is 10.9 Å². The smallest absolute Gasteiger partial charge is 0.266 e. The fourth-order valence-electron chi connectivity index (χ4n) is 2.47. The van der Waals surface area contributed by atoms with E-state index in [1.807, 2.05) is 19.7 Å². The minimum absolute atomic E-state index is 0.0486. The average molecular weight is 465 g/mol. The van der Waals surface area contributed by atoms with Crippen molar-refractivity contribution >= 4 is 42.8 Å². The molecule has 1 aromatic carbocycles. The van der Waals surface area contributed by atoms with Crippen LogP contribution in [0.1, 0.15) is 24.3 Å². The van der Waals surface area contributed by atoms with Crippen molar-refractivity contribution in [2.75, 3.05) is 39.2 Å². The van der Waals surface area contributed by atoms with Crippen LogP contribution in [0, 0.1) is 0 Å². The molecule has 8 nitrogen and oxygen atoms in total. The Hall–Kier alpha value is -1.46. The number of ether oxygens (including phenoxy) is 1. The van der Waals surface area contributed by atoms with Crippen molar-refractivity contribution in [1.29, 1.82) is 0 Å². The Bertz CT molecular complexity index is 802. The first-order chi connectivity index (χ1) is 13.0. The van der Waals surface area contributed by atoms with E-state index in [1.165, 1.54) is 11.4 Å². The summed E-state index contributed by atoms with van der Waals surface area (Å²) in [5.74, 6) is 1.02. The third kappa shape index (κ3) is 6.01. The Morgan fingerprint density at radius 3 is 2.19 bits per heavy atom. The molecule has 0 atom stereocenters. The van der Waals surface area contributed by atoms with Crippen LogP contribution in [0.15, 0.2) is 29.2 Å². The van der Waals surface area contributed by atoms with Gasteiger partial charge in [0.25, 0.3) is 5.91 Å². The van der Waals surface area contributed by atoms with Gasteiger partial charge in [0, 0.05) is 24.0 Å². The standard InChI is InChI=1S/C13H15N3O4S.C2H6.CH3Br.CH5N/c14-13(17)11-12(9-3-1-2-4-10(9)15-11)21(18,19)16-5-7-20-8-6-16;3*1-2/h1-4,15H,5-8H2,(H2,14,17);1-2H3;1H3;2H2,1H3. The lowest BCUT2D eigenvalue weighted by atomic mass is 10.2. The summed E-state index contributed by atoms with van der Waals surface area (Å²) >= 11 is 2.94. The van der Waals surface area contributed by atoms with Gasteiger partial charge in [0.2, 0.25) is 10.0 Å². The third-order valence-electron chi connectivity index (χ3n) is 3.47. The summed E-state index contributed by atoms with van der Waals surface area (Å²) in [6, 6.07) is 6.85. The van der Waals surface area contributed by atoms with E-state index in [0.29, 0.717) is 24.1 Å². The number of nitrogens with zero attached hydrogens (tertiary/aromatic N) is 1. The number of amides is 1. The molecule has 1 aliphatic rings. The number of fused-ring (bicyclic) bond motifs is 1. The molecule has 2 heterocycles. The maximum absolute atomic E-state index is 12.8. The normalized spacial score (nSPS) is 14.0. The highest BCUT2D eigenvalue weighted by molar-refractivity contribution is 9.08. The lowest BCUT2D eigenvalue weighted by Gasteiger charge is -2.26. The number of carbonyl (C=O) groups excluding carboxylic acids is 1. The van der Waals surface area contributed by atoms with Crippen LogP contribution in [-0.2, 0) is 14.8 Å². The maximum Gasteiger partial charge on any atom is 0.266 e. The van der Waals surface area contributed by atoms with Crippen LogP contribution in [-0.4, -0.2) is 62.8 Å². The van der Waals surface area contributed by atoms with E-state index in [2.05, 4.69) is 26.6 Å². The Labute approximate surface area is 169 Å². The number of H-pyrrole nitrogens is 1. The van der Waals surface area contributed by atoms with Gasteiger partial charge in [0.15, 0.2) is 0 Å². The fraction of sp³-hybridized carbons (Fsp3) is 0.471. The summed E-state index contributed by atoms with van der Waals surface area (Å²) in [7, 11) is -2.30. The molecule has 0 bridgehead atoms. The van der Waals surface area contributed by atoms with E-state index in [1.54, 1.807) is 24.3 Å². The molecule has 10 heteroatoms. The van der Waals surface area contributed by atoms with Crippen LogP contribution in [0.5, 0.6) is 0 Å². The van der Waals surface area contributed by atoms with E-state index < -0.39 is 15.9 Å². The van der Waals surface area contributed by atoms with Gasteiger partial charge in [-0.05, 0) is 18.9 Å². The van der Waals surface area contributed by atoms with Crippen molar-refractivity contribution in [3.8, 4) is 0 Å². The minimum Gasteiger partial charge on any atom is -0.379 e. The largest absolute Gasteiger partial charge is 0.379 e. The fourth-order valence-corrected chi connectivity index (χ4v) is 4.23. The van der Waals surface area contributed by atoms with Crippen LogP contribution in [0.4, 0.5) is 0 Å². The number of primary amides is 1. The molecule has 1 fully saturated rings. The highest BCUT2D eigenvalue weighted by atomic mass is 79.9. The third-order valence-corrected chi connectivity index (χ3v) is 5.46. The predicted molar refractivity (Wildman–Crippen MR) is 113 cm³/mol. The van der Waals surface area contributed by atoms with Crippen molar-refractivity contribution in [3.63, 3.8) is 0 Å².